The Morgan fingerprint density at radius 2 is 2.00 bits per heavy atom. The predicted molar refractivity (Wildman–Crippen MR) is 84.5 cm³/mol. The van der Waals surface area contributed by atoms with E-state index in [1.807, 2.05) is 12.1 Å². The quantitative estimate of drug-likeness (QED) is 0.848. The van der Waals surface area contributed by atoms with Crippen molar-refractivity contribution in [1.29, 1.82) is 0 Å². The van der Waals surface area contributed by atoms with Gasteiger partial charge in [-0.05, 0) is 30.5 Å². The molecular formula is C16H19BrN2O. The van der Waals surface area contributed by atoms with E-state index in [9.17, 15) is 0 Å². The topological polar surface area (TPSA) is 52.0 Å². The van der Waals surface area contributed by atoms with Gasteiger partial charge in [-0.3, -0.25) is 0 Å². The molecule has 2 aromatic rings. The van der Waals surface area contributed by atoms with Crippen molar-refractivity contribution in [3.8, 4) is 11.1 Å². The van der Waals surface area contributed by atoms with Gasteiger partial charge in [-0.2, -0.15) is 0 Å². The third-order valence-electron chi connectivity index (χ3n) is 4.36. The van der Waals surface area contributed by atoms with E-state index in [1.165, 1.54) is 19.3 Å². The first-order valence-corrected chi connectivity index (χ1v) is 7.91. The summed E-state index contributed by atoms with van der Waals surface area (Å²) < 4.78 is 6.36. The van der Waals surface area contributed by atoms with Gasteiger partial charge in [0.15, 0.2) is 0 Å². The lowest BCUT2D eigenvalue weighted by Gasteiger charge is -2.32. The standard InChI is InChI=1S/C16H19BrN2O/c1-16(8-3-2-4-9-16)14-13(15(18)20-19-14)11-6-5-7-12(17)10-11/h5-7,10H,2-4,8-9,18H2,1H3. The number of benzene rings is 1. The fourth-order valence-corrected chi connectivity index (χ4v) is 3.61. The fraction of sp³-hybridized carbons (Fsp3) is 0.438. The van der Waals surface area contributed by atoms with Crippen LogP contribution >= 0.6 is 15.9 Å². The molecule has 1 aliphatic rings. The van der Waals surface area contributed by atoms with E-state index in [4.69, 9.17) is 10.3 Å². The van der Waals surface area contributed by atoms with Crippen LogP contribution in [0.4, 0.5) is 5.88 Å². The molecule has 2 N–H and O–H groups in total. The van der Waals surface area contributed by atoms with Gasteiger partial charge in [0.1, 0.15) is 0 Å². The molecule has 3 nitrogen and oxygen atoms in total. The number of rotatable bonds is 2. The van der Waals surface area contributed by atoms with Crippen molar-refractivity contribution >= 4 is 21.8 Å². The second-order valence-corrected chi connectivity index (χ2v) is 6.82. The van der Waals surface area contributed by atoms with E-state index in [0.29, 0.717) is 5.88 Å². The summed E-state index contributed by atoms with van der Waals surface area (Å²) in [6.45, 7) is 2.28. The highest BCUT2D eigenvalue weighted by Crippen LogP contribution is 2.44. The fourth-order valence-electron chi connectivity index (χ4n) is 3.21. The van der Waals surface area contributed by atoms with Crippen LogP contribution in [0.3, 0.4) is 0 Å². The lowest BCUT2D eigenvalue weighted by Crippen LogP contribution is -2.26. The van der Waals surface area contributed by atoms with Gasteiger partial charge in [0.05, 0.1) is 11.3 Å². The van der Waals surface area contributed by atoms with Crippen LogP contribution in [-0.4, -0.2) is 5.16 Å². The average molecular weight is 335 g/mol. The van der Waals surface area contributed by atoms with E-state index in [2.05, 4.69) is 40.1 Å². The van der Waals surface area contributed by atoms with Crippen molar-refractivity contribution in [2.45, 2.75) is 44.4 Å². The molecule has 0 bridgehead atoms. The second-order valence-electron chi connectivity index (χ2n) is 5.90. The average Bonchev–Trinajstić information content (AvgIpc) is 2.82. The molecule has 0 unspecified atom stereocenters. The lowest BCUT2D eigenvalue weighted by molar-refractivity contribution is 0.295. The van der Waals surface area contributed by atoms with Crippen molar-refractivity contribution in [2.75, 3.05) is 5.73 Å². The summed E-state index contributed by atoms with van der Waals surface area (Å²) in [4.78, 5) is 0. The minimum atomic E-state index is 0.0804. The molecule has 4 heteroatoms. The van der Waals surface area contributed by atoms with Crippen LogP contribution < -0.4 is 5.73 Å². The molecule has 106 valence electrons. The van der Waals surface area contributed by atoms with E-state index < -0.39 is 0 Å². The van der Waals surface area contributed by atoms with E-state index in [1.54, 1.807) is 0 Å². The summed E-state index contributed by atoms with van der Waals surface area (Å²) in [7, 11) is 0. The molecule has 0 aliphatic heterocycles. The molecule has 0 spiro atoms. The summed E-state index contributed by atoms with van der Waals surface area (Å²) in [5, 5.41) is 4.30. The Morgan fingerprint density at radius 3 is 2.70 bits per heavy atom. The van der Waals surface area contributed by atoms with Crippen molar-refractivity contribution in [3.05, 3.63) is 34.4 Å². The zero-order chi connectivity index (χ0) is 14.2. The zero-order valence-corrected chi connectivity index (χ0v) is 13.2. The van der Waals surface area contributed by atoms with Gasteiger partial charge in [-0.15, -0.1) is 0 Å². The van der Waals surface area contributed by atoms with Crippen molar-refractivity contribution < 1.29 is 4.52 Å². The molecule has 0 atom stereocenters. The SMILES string of the molecule is CC1(c2noc(N)c2-c2cccc(Br)c2)CCCCC1. The van der Waals surface area contributed by atoms with Crippen molar-refractivity contribution in [2.24, 2.45) is 0 Å². The Morgan fingerprint density at radius 1 is 1.25 bits per heavy atom. The Labute approximate surface area is 127 Å². The zero-order valence-electron chi connectivity index (χ0n) is 11.7. The maximum atomic E-state index is 6.04. The van der Waals surface area contributed by atoms with Gasteiger partial charge >= 0.3 is 0 Å². The predicted octanol–water partition coefficient (Wildman–Crippen LogP) is 4.91. The molecular weight excluding hydrogens is 316 g/mol. The highest BCUT2D eigenvalue weighted by Gasteiger charge is 2.35. The lowest BCUT2D eigenvalue weighted by atomic mass is 9.72. The Hall–Kier alpha value is -1.29. The van der Waals surface area contributed by atoms with E-state index >= 15 is 0 Å². The highest BCUT2D eigenvalue weighted by atomic mass is 79.9. The second kappa shape index (κ2) is 5.24. The molecule has 1 fully saturated rings. The van der Waals surface area contributed by atoms with Gasteiger partial charge in [-0.25, -0.2) is 0 Å². The molecule has 20 heavy (non-hydrogen) atoms. The number of nitrogen functional groups attached to an aromatic ring is 1. The highest BCUT2D eigenvalue weighted by molar-refractivity contribution is 9.10. The molecule has 1 saturated carbocycles. The van der Waals surface area contributed by atoms with Crippen LogP contribution in [0, 0.1) is 0 Å². The van der Waals surface area contributed by atoms with Crippen molar-refractivity contribution in [3.63, 3.8) is 0 Å². The molecule has 0 radical (unpaired) electrons. The smallest absolute Gasteiger partial charge is 0.230 e. The van der Waals surface area contributed by atoms with Gasteiger partial charge in [-0.1, -0.05) is 59.4 Å². The largest absolute Gasteiger partial charge is 0.367 e. The van der Waals surface area contributed by atoms with E-state index in [0.717, 1.165) is 34.1 Å². The molecule has 3 rings (SSSR count). The number of anilines is 1. The molecule has 1 aliphatic carbocycles. The first kappa shape index (κ1) is 13.7. The summed E-state index contributed by atoms with van der Waals surface area (Å²) in [6.07, 6.45) is 6.12. The minimum absolute atomic E-state index is 0.0804. The number of halogens is 1. The maximum absolute atomic E-state index is 6.04. The third-order valence-corrected chi connectivity index (χ3v) is 4.85. The monoisotopic (exact) mass is 334 g/mol. The Bertz CT molecular complexity index is 615. The van der Waals surface area contributed by atoms with Gasteiger partial charge in [0.25, 0.3) is 0 Å². The van der Waals surface area contributed by atoms with Crippen LogP contribution in [0.25, 0.3) is 11.1 Å². The molecule has 0 amide bonds. The van der Waals surface area contributed by atoms with Crippen molar-refractivity contribution in [1.82, 2.24) is 5.16 Å². The molecule has 1 heterocycles. The van der Waals surface area contributed by atoms with Crippen LogP contribution in [0.15, 0.2) is 33.3 Å². The van der Waals surface area contributed by atoms with Gasteiger partial charge in [0.2, 0.25) is 5.88 Å². The van der Waals surface area contributed by atoms with Crippen LogP contribution in [0.2, 0.25) is 0 Å². The molecule has 0 saturated heterocycles. The maximum Gasteiger partial charge on any atom is 0.230 e. The Balaban J connectivity index is 2.10. The summed E-state index contributed by atoms with van der Waals surface area (Å²) in [6, 6.07) is 8.15. The Kier molecular flexibility index (Phi) is 3.59. The summed E-state index contributed by atoms with van der Waals surface area (Å²) in [5.74, 6) is 0.421. The van der Waals surface area contributed by atoms with Crippen LogP contribution in [-0.2, 0) is 5.41 Å². The molecule has 1 aromatic carbocycles. The number of aromatic nitrogens is 1. The number of nitrogens with two attached hydrogens (primary N) is 1. The number of nitrogens with zero attached hydrogens (tertiary/aromatic N) is 1. The van der Waals surface area contributed by atoms with Gasteiger partial charge in [0, 0.05) is 9.89 Å². The summed E-state index contributed by atoms with van der Waals surface area (Å²) in [5.41, 5.74) is 9.18. The number of hydrogen-bond acceptors (Lipinski definition) is 3. The van der Waals surface area contributed by atoms with Crippen LogP contribution in [0.1, 0.15) is 44.7 Å². The third kappa shape index (κ3) is 2.37. The number of hydrogen-bond donors (Lipinski definition) is 1. The normalized spacial score (nSPS) is 18.1. The minimum Gasteiger partial charge on any atom is -0.367 e. The van der Waals surface area contributed by atoms with Gasteiger partial charge < -0.3 is 10.3 Å². The first-order valence-electron chi connectivity index (χ1n) is 7.12. The van der Waals surface area contributed by atoms with E-state index in [-0.39, 0.29) is 5.41 Å². The first-order chi connectivity index (χ1) is 9.60. The van der Waals surface area contributed by atoms with Crippen LogP contribution in [0.5, 0.6) is 0 Å². The summed E-state index contributed by atoms with van der Waals surface area (Å²) >= 11 is 3.51. The molecule has 1 aromatic heterocycles.